The van der Waals surface area contributed by atoms with E-state index in [9.17, 15) is 4.79 Å². The highest BCUT2D eigenvalue weighted by Crippen LogP contribution is 2.24. The second kappa shape index (κ2) is 4.99. The number of halogens is 1. The molecule has 98 valence electrons. The van der Waals surface area contributed by atoms with E-state index >= 15 is 0 Å². The molecule has 1 unspecified atom stereocenters. The van der Waals surface area contributed by atoms with E-state index in [4.69, 9.17) is 10.8 Å². The molecule has 1 aliphatic heterocycles. The van der Waals surface area contributed by atoms with Crippen molar-refractivity contribution in [1.82, 2.24) is 4.90 Å². The summed E-state index contributed by atoms with van der Waals surface area (Å²) in [7, 11) is 0. The number of carbonyl (C=O) groups is 1. The highest BCUT2D eigenvalue weighted by molar-refractivity contribution is 9.10. The summed E-state index contributed by atoms with van der Waals surface area (Å²) < 4.78 is 1.06. The number of nitrogens with two attached hydrogens (primary N) is 1. The number of benzene rings is 1. The van der Waals surface area contributed by atoms with Gasteiger partial charge in [0, 0.05) is 24.1 Å². The van der Waals surface area contributed by atoms with Crippen molar-refractivity contribution in [2.45, 2.75) is 25.4 Å². The van der Waals surface area contributed by atoms with Gasteiger partial charge in [-0.1, -0.05) is 28.1 Å². The van der Waals surface area contributed by atoms with E-state index in [2.05, 4.69) is 39.0 Å². The third kappa shape index (κ3) is 2.74. The van der Waals surface area contributed by atoms with E-state index in [0.717, 1.165) is 23.1 Å². The molecule has 3 N–H and O–H groups in total. The molecule has 0 spiro atoms. The fourth-order valence-electron chi connectivity index (χ4n) is 2.25. The van der Waals surface area contributed by atoms with Crippen LogP contribution in [0, 0.1) is 6.92 Å². The van der Waals surface area contributed by atoms with Crippen LogP contribution in [0.25, 0.3) is 0 Å². The van der Waals surface area contributed by atoms with Gasteiger partial charge in [-0.05, 0) is 30.5 Å². The van der Waals surface area contributed by atoms with Crippen LogP contribution >= 0.6 is 15.9 Å². The van der Waals surface area contributed by atoms with Crippen molar-refractivity contribution in [3.8, 4) is 0 Å². The number of hydrogen-bond donors (Lipinski definition) is 2. The molecule has 0 aromatic heterocycles. The highest BCUT2D eigenvalue weighted by Gasteiger charge is 2.41. The first-order valence-corrected chi connectivity index (χ1v) is 6.70. The van der Waals surface area contributed by atoms with Crippen molar-refractivity contribution >= 4 is 21.9 Å². The van der Waals surface area contributed by atoms with Crippen LogP contribution in [0.1, 0.15) is 17.5 Å². The predicted octanol–water partition coefficient (Wildman–Crippen LogP) is 1.75. The molecule has 1 atom stereocenters. The van der Waals surface area contributed by atoms with Gasteiger partial charge in [0.25, 0.3) is 0 Å². The van der Waals surface area contributed by atoms with Crippen molar-refractivity contribution in [2.24, 2.45) is 5.73 Å². The SMILES string of the molecule is Cc1ccc(CN2CCC(N)(C(=O)O)C2)c(Br)c1. The second-order valence-electron chi connectivity index (χ2n) is 5.02. The summed E-state index contributed by atoms with van der Waals surface area (Å²) in [5, 5.41) is 9.09. The molecular formula is C13H17BrN2O2. The largest absolute Gasteiger partial charge is 0.480 e. The lowest BCUT2D eigenvalue weighted by Gasteiger charge is -2.20. The zero-order valence-electron chi connectivity index (χ0n) is 10.3. The molecule has 1 aromatic rings. The van der Waals surface area contributed by atoms with Gasteiger partial charge in [-0.25, -0.2) is 0 Å². The predicted molar refractivity (Wildman–Crippen MR) is 73.3 cm³/mol. The van der Waals surface area contributed by atoms with Gasteiger partial charge in [-0.15, -0.1) is 0 Å². The number of carboxylic acid groups (broad SMARTS) is 1. The Bertz CT molecular complexity index is 478. The summed E-state index contributed by atoms with van der Waals surface area (Å²) in [5.41, 5.74) is 7.13. The molecule has 1 saturated heterocycles. The maximum Gasteiger partial charge on any atom is 0.325 e. The molecular weight excluding hydrogens is 296 g/mol. The van der Waals surface area contributed by atoms with Gasteiger partial charge < -0.3 is 10.8 Å². The number of likely N-dealkylation sites (tertiary alicyclic amines) is 1. The van der Waals surface area contributed by atoms with Crippen molar-refractivity contribution in [3.05, 3.63) is 33.8 Å². The number of aryl methyl sites for hydroxylation is 1. The smallest absolute Gasteiger partial charge is 0.325 e. The van der Waals surface area contributed by atoms with Gasteiger partial charge in [0.15, 0.2) is 0 Å². The topological polar surface area (TPSA) is 66.6 Å². The minimum Gasteiger partial charge on any atom is -0.480 e. The van der Waals surface area contributed by atoms with E-state index in [1.807, 2.05) is 6.92 Å². The lowest BCUT2D eigenvalue weighted by atomic mass is 10.0. The van der Waals surface area contributed by atoms with Gasteiger partial charge >= 0.3 is 5.97 Å². The Morgan fingerprint density at radius 2 is 2.33 bits per heavy atom. The standard InChI is InChI=1S/C13H17BrN2O2/c1-9-2-3-10(11(14)6-9)7-16-5-4-13(15,8-16)12(17)18/h2-3,6H,4-5,7-8,15H2,1H3,(H,17,18). The lowest BCUT2D eigenvalue weighted by Crippen LogP contribution is -2.50. The molecule has 1 heterocycles. The van der Waals surface area contributed by atoms with Crippen LogP contribution in [0.3, 0.4) is 0 Å². The van der Waals surface area contributed by atoms with Crippen LogP contribution in [0.5, 0.6) is 0 Å². The molecule has 2 rings (SSSR count). The van der Waals surface area contributed by atoms with Crippen LogP contribution in [-0.4, -0.2) is 34.6 Å². The second-order valence-corrected chi connectivity index (χ2v) is 5.87. The first-order chi connectivity index (χ1) is 8.40. The van der Waals surface area contributed by atoms with Gasteiger partial charge in [-0.2, -0.15) is 0 Å². The molecule has 4 nitrogen and oxygen atoms in total. The molecule has 0 saturated carbocycles. The zero-order chi connectivity index (χ0) is 13.3. The average Bonchev–Trinajstić information content (AvgIpc) is 2.66. The maximum atomic E-state index is 11.1. The van der Waals surface area contributed by atoms with Crippen LogP contribution < -0.4 is 5.73 Å². The van der Waals surface area contributed by atoms with E-state index in [1.54, 1.807) is 0 Å². The quantitative estimate of drug-likeness (QED) is 0.892. The first kappa shape index (κ1) is 13.5. The number of carboxylic acids is 1. The van der Waals surface area contributed by atoms with Crippen molar-refractivity contribution in [3.63, 3.8) is 0 Å². The first-order valence-electron chi connectivity index (χ1n) is 5.90. The van der Waals surface area contributed by atoms with E-state index in [1.165, 1.54) is 5.56 Å². The van der Waals surface area contributed by atoms with Gasteiger partial charge in [-0.3, -0.25) is 9.69 Å². The molecule has 0 aliphatic carbocycles. The fraction of sp³-hybridized carbons (Fsp3) is 0.462. The summed E-state index contributed by atoms with van der Waals surface area (Å²) in [4.78, 5) is 13.2. The van der Waals surface area contributed by atoms with Crippen LogP contribution in [0.2, 0.25) is 0 Å². The monoisotopic (exact) mass is 312 g/mol. The van der Waals surface area contributed by atoms with E-state index < -0.39 is 11.5 Å². The summed E-state index contributed by atoms with van der Waals surface area (Å²) in [6.07, 6.45) is 0.506. The fourth-order valence-corrected chi connectivity index (χ4v) is 2.86. The molecule has 18 heavy (non-hydrogen) atoms. The van der Waals surface area contributed by atoms with Gasteiger partial charge in [0.2, 0.25) is 0 Å². The Labute approximate surface area is 115 Å². The van der Waals surface area contributed by atoms with Gasteiger partial charge in [0.05, 0.1) is 0 Å². The van der Waals surface area contributed by atoms with Gasteiger partial charge in [0.1, 0.15) is 5.54 Å². The highest BCUT2D eigenvalue weighted by atomic mass is 79.9. The minimum absolute atomic E-state index is 0.405. The van der Waals surface area contributed by atoms with E-state index in [0.29, 0.717) is 13.0 Å². The Morgan fingerprint density at radius 1 is 1.61 bits per heavy atom. The summed E-state index contributed by atoms with van der Waals surface area (Å²) in [6, 6.07) is 6.19. The molecule has 1 fully saturated rings. The van der Waals surface area contributed by atoms with Crippen molar-refractivity contribution in [1.29, 1.82) is 0 Å². The third-order valence-electron chi connectivity index (χ3n) is 3.41. The molecule has 0 amide bonds. The molecule has 5 heteroatoms. The summed E-state index contributed by atoms with van der Waals surface area (Å²) in [6.45, 7) is 3.90. The van der Waals surface area contributed by atoms with Crippen LogP contribution in [0.4, 0.5) is 0 Å². The van der Waals surface area contributed by atoms with E-state index in [-0.39, 0.29) is 0 Å². The summed E-state index contributed by atoms with van der Waals surface area (Å²) in [5.74, 6) is -0.909. The van der Waals surface area contributed by atoms with Crippen molar-refractivity contribution in [2.75, 3.05) is 13.1 Å². The minimum atomic E-state index is -1.09. The van der Waals surface area contributed by atoms with Crippen LogP contribution in [0.15, 0.2) is 22.7 Å². The zero-order valence-corrected chi connectivity index (χ0v) is 11.9. The molecule has 0 bridgehead atoms. The number of aliphatic carboxylic acids is 1. The Hall–Kier alpha value is -0.910. The third-order valence-corrected chi connectivity index (χ3v) is 4.15. The van der Waals surface area contributed by atoms with Crippen molar-refractivity contribution < 1.29 is 9.90 Å². The molecule has 1 aromatic carbocycles. The Kier molecular flexibility index (Phi) is 3.75. The Balaban J connectivity index is 2.06. The molecule has 1 aliphatic rings. The Morgan fingerprint density at radius 3 is 2.89 bits per heavy atom. The lowest BCUT2D eigenvalue weighted by molar-refractivity contribution is -0.142. The number of nitrogens with zero attached hydrogens (tertiary/aromatic N) is 1. The number of rotatable bonds is 3. The molecule has 0 radical (unpaired) electrons. The average molecular weight is 313 g/mol. The maximum absolute atomic E-state index is 11.1. The normalized spacial score (nSPS) is 24.4. The van der Waals surface area contributed by atoms with Crippen LogP contribution in [-0.2, 0) is 11.3 Å². The summed E-state index contributed by atoms with van der Waals surface area (Å²) >= 11 is 3.54. The number of hydrogen-bond acceptors (Lipinski definition) is 3.